The van der Waals surface area contributed by atoms with Crippen molar-refractivity contribution in [2.75, 3.05) is 0 Å². The molecule has 3 heteroatoms. The third kappa shape index (κ3) is 1.88. The van der Waals surface area contributed by atoms with Crippen molar-refractivity contribution >= 4 is 5.97 Å². The molecule has 1 aromatic carbocycles. The number of hydrogen-bond donors (Lipinski definition) is 2. The molecule has 0 aliphatic heterocycles. The summed E-state index contributed by atoms with van der Waals surface area (Å²) < 4.78 is 0. The van der Waals surface area contributed by atoms with Gasteiger partial charge in [0.05, 0.1) is 11.5 Å². The Morgan fingerprint density at radius 2 is 1.93 bits per heavy atom. The number of aliphatic carboxylic acids is 1. The molecule has 1 saturated carbocycles. The summed E-state index contributed by atoms with van der Waals surface area (Å²) in [6.07, 6.45) is 0.819. The van der Waals surface area contributed by atoms with Crippen molar-refractivity contribution in [3.8, 4) is 0 Å². The minimum atomic E-state index is -0.795. The number of carbonyl (C=O) groups is 1. The van der Waals surface area contributed by atoms with E-state index in [1.807, 2.05) is 30.3 Å². The lowest BCUT2D eigenvalue weighted by molar-refractivity contribution is -0.162. The standard InChI is InChI=1S/C12H14O3/c13-10-7-12(8-10,11(14)15)6-9-4-2-1-3-5-9/h1-5,10,13H,6-8H2,(H,14,15). The first kappa shape index (κ1) is 10.2. The summed E-state index contributed by atoms with van der Waals surface area (Å²) in [5.74, 6) is -0.795. The van der Waals surface area contributed by atoms with Gasteiger partial charge >= 0.3 is 5.97 Å². The number of aliphatic hydroxyl groups excluding tert-OH is 1. The lowest BCUT2D eigenvalue weighted by atomic mass is 9.63. The predicted molar refractivity (Wildman–Crippen MR) is 55.5 cm³/mol. The van der Waals surface area contributed by atoms with E-state index in [4.69, 9.17) is 5.11 Å². The number of benzene rings is 1. The van der Waals surface area contributed by atoms with Crippen LogP contribution in [0.1, 0.15) is 18.4 Å². The number of carboxylic acid groups (broad SMARTS) is 1. The van der Waals surface area contributed by atoms with Gasteiger partial charge in [-0.15, -0.1) is 0 Å². The largest absolute Gasteiger partial charge is 0.481 e. The molecule has 2 N–H and O–H groups in total. The van der Waals surface area contributed by atoms with Crippen molar-refractivity contribution in [3.05, 3.63) is 35.9 Å². The van der Waals surface area contributed by atoms with Gasteiger partial charge in [0, 0.05) is 0 Å². The van der Waals surface area contributed by atoms with E-state index >= 15 is 0 Å². The van der Waals surface area contributed by atoms with E-state index in [1.165, 1.54) is 0 Å². The molecule has 1 aliphatic carbocycles. The summed E-state index contributed by atoms with van der Waals surface area (Å²) in [6, 6.07) is 9.57. The second-order valence-corrected chi connectivity index (χ2v) is 4.31. The Hall–Kier alpha value is -1.35. The Balaban J connectivity index is 2.13. The molecular weight excluding hydrogens is 192 g/mol. The maximum absolute atomic E-state index is 11.1. The molecule has 1 fully saturated rings. The van der Waals surface area contributed by atoms with Gasteiger partial charge in [0.15, 0.2) is 0 Å². The Kier molecular flexibility index (Phi) is 2.49. The molecular formula is C12H14O3. The van der Waals surface area contributed by atoms with Crippen molar-refractivity contribution in [2.24, 2.45) is 5.41 Å². The smallest absolute Gasteiger partial charge is 0.310 e. The quantitative estimate of drug-likeness (QED) is 0.787. The summed E-state index contributed by atoms with van der Waals surface area (Å²) in [5.41, 5.74) is 0.285. The monoisotopic (exact) mass is 206 g/mol. The summed E-state index contributed by atoms with van der Waals surface area (Å²) in [6.45, 7) is 0. The van der Waals surface area contributed by atoms with Gasteiger partial charge in [-0.25, -0.2) is 0 Å². The zero-order chi connectivity index (χ0) is 10.9. The number of aliphatic hydroxyl groups is 1. The number of carboxylic acids is 1. The van der Waals surface area contributed by atoms with Crippen molar-refractivity contribution in [3.63, 3.8) is 0 Å². The van der Waals surface area contributed by atoms with E-state index in [2.05, 4.69) is 0 Å². The third-order valence-corrected chi connectivity index (χ3v) is 3.09. The van der Waals surface area contributed by atoms with Crippen molar-refractivity contribution < 1.29 is 15.0 Å². The van der Waals surface area contributed by atoms with E-state index in [0.717, 1.165) is 5.56 Å². The molecule has 0 radical (unpaired) electrons. The third-order valence-electron chi connectivity index (χ3n) is 3.09. The highest BCUT2D eigenvalue weighted by atomic mass is 16.4. The highest BCUT2D eigenvalue weighted by Gasteiger charge is 2.49. The number of hydrogen-bond acceptors (Lipinski definition) is 2. The molecule has 15 heavy (non-hydrogen) atoms. The molecule has 0 saturated heterocycles. The molecule has 0 spiro atoms. The second-order valence-electron chi connectivity index (χ2n) is 4.31. The molecule has 80 valence electrons. The Morgan fingerprint density at radius 3 is 2.40 bits per heavy atom. The van der Waals surface area contributed by atoms with Crippen LogP contribution in [0.3, 0.4) is 0 Å². The molecule has 1 aliphatic rings. The highest BCUT2D eigenvalue weighted by Crippen LogP contribution is 2.44. The van der Waals surface area contributed by atoms with Gasteiger partial charge in [0.2, 0.25) is 0 Å². The van der Waals surface area contributed by atoms with E-state index in [1.54, 1.807) is 0 Å². The van der Waals surface area contributed by atoms with Crippen LogP contribution < -0.4 is 0 Å². The van der Waals surface area contributed by atoms with Crippen LogP contribution in [0, 0.1) is 5.41 Å². The van der Waals surface area contributed by atoms with Crippen molar-refractivity contribution in [1.82, 2.24) is 0 Å². The second kappa shape index (κ2) is 3.66. The van der Waals surface area contributed by atoms with Crippen molar-refractivity contribution in [2.45, 2.75) is 25.4 Å². The molecule has 1 aromatic rings. The molecule has 3 nitrogen and oxygen atoms in total. The first-order chi connectivity index (χ1) is 7.12. The van der Waals surface area contributed by atoms with Crippen LogP contribution in [0.5, 0.6) is 0 Å². The summed E-state index contributed by atoms with van der Waals surface area (Å²) in [7, 11) is 0. The highest BCUT2D eigenvalue weighted by molar-refractivity contribution is 5.76. The summed E-state index contributed by atoms with van der Waals surface area (Å²) in [4.78, 5) is 11.1. The van der Waals surface area contributed by atoms with Gasteiger partial charge in [-0.3, -0.25) is 4.79 Å². The summed E-state index contributed by atoms with van der Waals surface area (Å²) >= 11 is 0. The molecule has 0 amide bonds. The fraction of sp³-hybridized carbons (Fsp3) is 0.417. The van der Waals surface area contributed by atoms with Crippen LogP contribution in [-0.2, 0) is 11.2 Å². The molecule has 0 bridgehead atoms. The van der Waals surface area contributed by atoms with Gasteiger partial charge in [-0.05, 0) is 24.8 Å². The van der Waals surface area contributed by atoms with Gasteiger partial charge in [0.25, 0.3) is 0 Å². The first-order valence-electron chi connectivity index (χ1n) is 5.08. The van der Waals surface area contributed by atoms with Gasteiger partial charge < -0.3 is 10.2 Å². The van der Waals surface area contributed by atoms with E-state index in [9.17, 15) is 9.90 Å². The van der Waals surface area contributed by atoms with Crippen LogP contribution in [0.25, 0.3) is 0 Å². The lowest BCUT2D eigenvalue weighted by Crippen LogP contribution is -2.48. The normalized spacial score (nSPS) is 29.5. The lowest BCUT2D eigenvalue weighted by Gasteiger charge is -2.41. The van der Waals surface area contributed by atoms with E-state index < -0.39 is 17.5 Å². The maximum atomic E-state index is 11.1. The minimum absolute atomic E-state index is 0.372. The zero-order valence-corrected chi connectivity index (χ0v) is 8.39. The molecule has 2 rings (SSSR count). The fourth-order valence-electron chi connectivity index (χ4n) is 2.22. The molecule has 0 aromatic heterocycles. The Morgan fingerprint density at radius 1 is 1.33 bits per heavy atom. The molecule has 0 heterocycles. The van der Waals surface area contributed by atoms with Crippen LogP contribution in [0.4, 0.5) is 0 Å². The number of rotatable bonds is 3. The Labute approximate surface area is 88.4 Å². The Bertz CT molecular complexity index is 352. The van der Waals surface area contributed by atoms with Gasteiger partial charge in [0.1, 0.15) is 0 Å². The first-order valence-corrected chi connectivity index (χ1v) is 5.08. The van der Waals surface area contributed by atoms with Crippen LogP contribution in [0.2, 0.25) is 0 Å². The minimum Gasteiger partial charge on any atom is -0.481 e. The SMILES string of the molecule is O=C(O)C1(Cc2ccccc2)CC(O)C1. The topological polar surface area (TPSA) is 57.5 Å². The zero-order valence-electron chi connectivity index (χ0n) is 8.39. The molecule has 0 unspecified atom stereocenters. The predicted octanol–water partition coefficient (Wildman–Crippen LogP) is 1.45. The average Bonchev–Trinajstić information content (AvgIpc) is 2.16. The summed E-state index contributed by atoms with van der Waals surface area (Å²) in [5, 5.41) is 18.4. The average molecular weight is 206 g/mol. The molecule has 0 atom stereocenters. The van der Waals surface area contributed by atoms with Crippen LogP contribution in [-0.4, -0.2) is 22.3 Å². The van der Waals surface area contributed by atoms with E-state index in [-0.39, 0.29) is 0 Å². The maximum Gasteiger partial charge on any atom is 0.310 e. The fourth-order valence-corrected chi connectivity index (χ4v) is 2.22. The van der Waals surface area contributed by atoms with Crippen molar-refractivity contribution in [1.29, 1.82) is 0 Å². The van der Waals surface area contributed by atoms with Crippen LogP contribution >= 0.6 is 0 Å². The van der Waals surface area contributed by atoms with Gasteiger partial charge in [-0.2, -0.15) is 0 Å². The van der Waals surface area contributed by atoms with Crippen LogP contribution in [0.15, 0.2) is 30.3 Å². The van der Waals surface area contributed by atoms with E-state index in [0.29, 0.717) is 19.3 Å². The van der Waals surface area contributed by atoms with Gasteiger partial charge in [-0.1, -0.05) is 30.3 Å².